The van der Waals surface area contributed by atoms with Crippen LogP contribution >= 0.6 is 11.6 Å². The highest BCUT2D eigenvalue weighted by Gasteiger charge is 2.14. The van der Waals surface area contributed by atoms with Crippen molar-refractivity contribution in [2.45, 2.75) is 6.04 Å². The lowest BCUT2D eigenvalue weighted by atomic mass is 9.99. The molecule has 20 heavy (non-hydrogen) atoms. The van der Waals surface area contributed by atoms with E-state index >= 15 is 0 Å². The molecule has 2 aromatic carbocycles. The number of rotatable bonds is 3. The fourth-order valence-electron chi connectivity index (χ4n) is 2.27. The minimum atomic E-state index is -0.105. The zero-order chi connectivity index (χ0) is 14.1. The van der Waals surface area contributed by atoms with Crippen LogP contribution in [-0.4, -0.2) is 15.0 Å². The summed E-state index contributed by atoms with van der Waals surface area (Å²) >= 11 is 5.92. The third-order valence-electron chi connectivity index (χ3n) is 3.34. The first-order chi connectivity index (χ1) is 9.69. The molecule has 3 rings (SSSR count). The standard InChI is InChI=1S/C14H14ClN5/c1-20-13-8-10(4-7-12(13)18-19-20)14(17-16)9-2-5-11(15)6-3-9/h2-8,14,17H,16H2,1H3. The van der Waals surface area contributed by atoms with Crippen molar-refractivity contribution in [2.24, 2.45) is 12.9 Å². The number of hydrogen-bond donors (Lipinski definition) is 2. The zero-order valence-electron chi connectivity index (χ0n) is 10.9. The summed E-state index contributed by atoms with van der Waals surface area (Å²) < 4.78 is 1.74. The van der Waals surface area contributed by atoms with Crippen molar-refractivity contribution >= 4 is 22.6 Å². The average Bonchev–Trinajstić information content (AvgIpc) is 2.83. The van der Waals surface area contributed by atoms with Gasteiger partial charge in [-0.25, -0.2) is 10.1 Å². The van der Waals surface area contributed by atoms with Gasteiger partial charge in [-0.2, -0.15) is 0 Å². The second-order valence-corrected chi connectivity index (χ2v) is 5.05. The van der Waals surface area contributed by atoms with Gasteiger partial charge in [0.15, 0.2) is 0 Å². The maximum absolute atomic E-state index is 5.92. The summed E-state index contributed by atoms with van der Waals surface area (Å²) in [7, 11) is 1.87. The van der Waals surface area contributed by atoms with Crippen molar-refractivity contribution in [1.82, 2.24) is 20.4 Å². The normalized spacial score (nSPS) is 12.8. The molecule has 0 aliphatic heterocycles. The van der Waals surface area contributed by atoms with Gasteiger partial charge in [0.2, 0.25) is 0 Å². The Labute approximate surface area is 121 Å². The summed E-state index contributed by atoms with van der Waals surface area (Å²) in [6.45, 7) is 0. The van der Waals surface area contributed by atoms with Gasteiger partial charge in [-0.1, -0.05) is 35.0 Å². The quantitative estimate of drug-likeness (QED) is 0.572. The number of hydrazine groups is 1. The number of aryl methyl sites for hydroxylation is 1. The van der Waals surface area contributed by atoms with Gasteiger partial charge < -0.3 is 0 Å². The molecule has 0 radical (unpaired) electrons. The Morgan fingerprint density at radius 1 is 1.15 bits per heavy atom. The molecule has 0 amide bonds. The van der Waals surface area contributed by atoms with Crippen LogP contribution in [0.4, 0.5) is 0 Å². The second kappa shape index (κ2) is 5.20. The Kier molecular flexibility index (Phi) is 3.40. The third kappa shape index (κ3) is 2.27. The Hall–Kier alpha value is -1.95. The smallest absolute Gasteiger partial charge is 0.113 e. The third-order valence-corrected chi connectivity index (χ3v) is 3.59. The van der Waals surface area contributed by atoms with Gasteiger partial charge in [-0.05, 0) is 35.4 Å². The number of benzene rings is 2. The lowest BCUT2D eigenvalue weighted by Gasteiger charge is -2.17. The van der Waals surface area contributed by atoms with E-state index in [0.717, 1.165) is 22.2 Å². The molecule has 0 saturated carbocycles. The van der Waals surface area contributed by atoms with Crippen LogP contribution in [0.5, 0.6) is 0 Å². The minimum absolute atomic E-state index is 0.105. The number of fused-ring (bicyclic) bond motifs is 1. The molecular formula is C14H14ClN5. The molecule has 1 aromatic heterocycles. The van der Waals surface area contributed by atoms with Crippen molar-refractivity contribution in [3.8, 4) is 0 Å². The van der Waals surface area contributed by atoms with E-state index in [1.165, 1.54) is 0 Å². The number of nitrogens with zero attached hydrogens (tertiary/aromatic N) is 3. The summed E-state index contributed by atoms with van der Waals surface area (Å²) in [6.07, 6.45) is 0. The Balaban J connectivity index is 2.06. The number of nitrogens with two attached hydrogens (primary N) is 1. The van der Waals surface area contributed by atoms with E-state index in [1.54, 1.807) is 4.68 Å². The molecule has 0 fully saturated rings. The minimum Gasteiger partial charge on any atom is -0.271 e. The first-order valence-corrected chi connectivity index (χ1v) is 6.58. The monoisotopic (exact) mass is 287 g/mol. The van der Waals surface area contributed by atoms with Gasteiger partial charge in [0.05, 0.1) is 11.6 Å². The molecule has 102 valence electrons. The summed E-state index contributed by atoms with van der Waals surface area (Å²) in [5.74, 6) is 5.71. The molecule has 1 unspecified atom stereocenters. The van der Waals surface area contributed by atoms with Crippen molar-refractivity contribution < 1.29 is 0 Å². The molecule has 0 bridgehead atoms. The molecule has 6 heteroatoms. The highest BCUT2D eigenvalue weighted by atomic mass is 35.5. The van der Waals surface area contributed by atoms with E-state index in [4.69, 9.17) is 17.4 Å². The fourth-order valence-corrected chi connectivity index (χ4v) is 2.39. The average molecular weight is 288 g/mol. The van der Waals surface area contributed by atoms with Crippen molar-refractivity contribution in [1.29, 1.82) is 0 Å². The van der Waals surface area contributed by atoms with Crippen LogP contribution < -0.4 is 11.3 Å². The molecule has 0 aliphatic rings. The fraction of sp³-hybridized carbons (Fsp3) is 0.143. The number of aromatic nitrogens is 3. The molecule has 1 heterocycles. The van der Waals surface area contributed by atoms with Crippen LogP contribution in [-0.2, 0) is 7.05 Å². The predicted molar refractivity (Wildman–Crippen MR) is 79.1 cm³/mol. The van der Waals surface area contributed by atoms with Crippen LogP contribution in [0.1, 0.15) is 17.2 Å². The number of hydrogen-bond acceptors (Lipinski definition) is 4. The van der Waals surface area contributed by atoms with E-state index in [0.29, 0.717) is 5.02 Å². The first-order valence-electron chi connectivity index (χ1n) is 6.20. The van der Waals surface area contributed by atoms with Crippen LogP contribution in [0.15, 0.2) is 42.5 Å². The van der Waals surface area contributed by atoms with Crippen LogP contribution in [0.2, 0.25) is 5.02 Å². The SMILES string of the molecule is Cn1nnc2ccc(C(NN)c3ccc(Cl)cc3)cc21. The van der Waals surface area contributed by atoms with Gasteiger partial charge in [0, 0.05) is 12.1 Å². The van der Waals surface area contributed by atoms with Crippen LogP contribution in [0.25, 0.3) is 11.0 Å². The van der Waals surface area contributed by atoms with Gasteiger partial charge in [-0.15, -0.1) is 5.10 Å². The summed E-state index contributed by atoms with van der Waals surface area (Å²) in [6, 6.07) is 13.5. The van der Waals surface area contributed by atoms with E-state index < -0.39 is 0 Å². The summed E-state index contributed by atoms with van der Waals surface area (Å²) in [4.78, 5) is 0. The molecule has 5 nitrogen and oxygen atoms in total. The van der Waals surface area contributed by atoms with Gasteiger partial charge in [-0.3, -0.25) is 5.84 Å². The van der Waals surface area contributed by atoms with E-state index in [-0.39, 0.29) is 6.04 Å². The van der Waals surface area contributed by atoms with Gasteiger partial charge in [0.1, 0.15) is 5.52 Å². The Morgan fingerprint density at radius 3 is 2.55 bits per heavy atom. The molecule has 1 atom stereocenters. The molecule has 0 aliphatic carbocycles. The van der Waals surface area contributed by atoms with Crippen molar-refractivity contribution in [3.63, 3.8) is 0 Å². The lowest BCUT2D eigenvalue weighted by molar-refractivity contribution is 0.637. The zero-order valence-corrected chi connectivity index (χ0v) is 11.7. The molecule has 0 saturated heterocycles. The highest BCUT2D eigenvalue weighted by Crippen LogP contribution is 2.25. The van der Waals surface area contributed by atoms with E-state index in [2.05, 4.69) is 15.7 Å². The maximum Gasteiger partial charge on any atom is 0.113 e. The lowest BCUT2D eigenvalue weighted by Crippen LogP contribution is -2.28. The van der Waals surface area contributed by atoms with Crippen molar-refractivity contribution in [3.05, 3.63) is 58.6 Å². The Bertz CT molecular complexity index is 735. The van der Waals surface area contributed by atoms with Crippen LogP contribution in [0, 0.1) is 0 Å². The molecular weight excluding hydrogens is 274 g/mol. The maximum atomic E-state index is 5.92. The van der Waals surface area contributed by atoms with Crippen molar-refractivity contribution in [2.75, 3.05) is 0 Å². The van der Waals surface area contributed by atoms with E-state index in [1.807, 2.05) is 49.5 Å². The topological polar surface area (TPSA) is 68.8 Å². The summed E-state index contributed by atoms with van der Waals surface area (Å²) in [5.41, 5.74) is 6.77. The molecule has 0 spiro atoms. The highest BCUT2D eigenvalue weighted by molar-refractivity contribution is 6.30. The van der Waals surface area contributed by atoms with Gasteiger partial charge in [0.25, 0.3) is 0 Å². The van der Waals surface area contributed by atoms with Gasteiger partial charge >= 0.3 is 0 Å². The van der Waals surface area contributed by atoms with Crippen LogP contribution in [0.3, 0.4) is 0 Å². The summed E-state index contributed by atoms with van der Waals surface area (Å²) in [5, 5.41) is 8.78. The number of halogens is 1. The molecule has 3 aromatic rings. The number of nitrogens with one attached hydrogen (secondary N) is 1. The van der Waals surface area contributed by atoms with E-state index in [9.17, 15) is 0 Å². The second-order valence-electron chi connectivity index (χ2n) is 4.61. The first kappa shape index (κ1) is 13.1. The predicted octanol–water partition coefficient (Wildman–Crippen LogP) is 2.17. The Morgan fingerprint density at radius 2 is 1.85 bits per heavy atom. The largest absolute Gasteiger partial charge is 0.271 e. The molecule has 3 N–H and O–H groups in total.